The average molecular weight is 744 g/mol. The fourth-order valence-electron chi connectivity index (χ4n) is 9.18. The zero-order chi connectivity index (χ0) is 38.3. The van der Waals surface area contributed by atoms with Gasteiger partial charge in [0.25, 0.3) is 0 Å². The van der Waals surface area contributed by atoms with Crippen molar-refractivity contribution in [3.05, 3.63) is 155 Å². The minimum atomic E-state index is -0.913. The number of hydrogen-bond donors (Lipinski definition) is 0. The Bertz CT molecular complexity index is 2410. The molecule has 9 rings (SSSR count). The second-order valence-electron chi connectivity index (χ2n) is 15.3. The van der Waals surface area contributed by atoms with Gasteiger partial charge < -0.3 is 28.6 Å². The molecule has 6 aromatic carbocycles. The lowest BCUT2D eigenvalue weighted by atomic mass is 9.72. The molecule has 0 radical (unpaired) electrons. The van der Waals surface area contributed by atoms with E-state index in [0.29, 0.717) is 6.61 Å². The van der Waals surface area contributed by atoms with E-state index >= 15 is 0 Å². The Morgan fingerprint density at radius 2 is 1.46 bits per heavy atom. The first-order valence-electron chi connectivity index (χ1n) is 19.9. The SMILES string of the molecule is CCCCOc1ccc(C2(c3ccc(N4CCOCC4)cc3)C=Cc3c4c(c5cc(OC)ccc5c3O2)-c2ccccc2C4(C)Cc2ccccc2OC)cc1. The minimum Gasteiger partial charge on any atom is -0.497 e. The summed E-state index contributed by atoms with van der Waals surface area (Å²) in [5, 5.41) is 2.16. The summed E-state index contributed by atoms with van der Waals surface area (Å²) in [7, 11) is 3.49. The number of methoxy groups -OCH3 is 2. The third-order valence-electron chi connectivity index (χ3n) is 12.1. The molecule has 0 amide bonds. The smallest absolute Gasteiger partial charge is 0.178 e. The molecule has 1 fully saturated rings. The molecule has 1 saturated heterocycles. The van der Waals surface area contributed by atoms with Gasteiger partial charge >= 0.3 is 0 Å². The number of ether oxygens (including phenoxy) is 5. The highest BCUT2D eigenvalue weighted by molar-refractivity contribution is 6.09. The summed E-state index contributed by atoms with van der Waals surface area (Å²) in [4.78, 5) is 2.39. The minimum absolute atomic E-state index is 0.396. The second-order valence-corrected chi connectivity index (χ2v) is 15.3. The molecule has 0 saturated carbocycles. The maximum absolute atomic E-state index is 7.69. The van der Waals surface area contributed by atoms with Crippen LogP contribution in [-0.2, 0) is 22.2 Å². The van der Waals surface area contributed by atoms with Crippen molar-refractivity contribution in [2.24, 2.45) is 0 Å². The largest absolute Gasteiger partial charge is 0.497 e. The Kier molecular flexibility index (Phi) is 9.46. The average Bonchev–Trinajstić information content (AvgIpc) is 3.52. The Balaban J connectivity index is 1.26. The molecule has 6 heteroatoms. The van der Waals surface area contributed by atoms with Gasteiger partial charge in [0.1, 0.15) is 23.0 Å². The molecule has 6 nitrogen and oxygen atoms in total. The summed E-state index contributed by atoms with van der Waals surface area (Å²) >= 11 is 0. The van der Waals surface area contributed by atoms with Crippen molar-refractivity contribution in [3.63, 3.8) is 0 Å². The summed E-state index contributed by atoms with van der Waals surface area (Å²) in [6.45, 7) is 8.50. The van der Waals surface area contributed by atoms with Gasteiger partial charge in [0.15, 0.2) is 5.60 Å². The van der Waals surface area contributed by atoms with Crippen LogP contribution in [-0.4, -0.2) is 47.1 Å². The summed E-state index contributed by atoms with van der Waals surface area (Å²) in [5.74, 6) is 3.43. The van der Waals surface area contributed by atoms with Crippen LogP contribution in [0.5, 0.6) is 23.0 Å². The van der Waals surface area contributed by atoms with Crippen LogP contribution in [0, 0.1) is 0 Å². The summed E-state index contributed by atoms with van der Waals surface area (Å²) in [6.07, 6.45) is 7.46. The van der Waals surface area contributed by atoms with Crippen LogP contribution >= 0.6 is 0 Å². The number of benzene rings is 6. The number of hydrogen-bond acceptors (Lipinski definition) is 6. The lowest BCUT2D eigenvalue weighted by Gasteiger charge is -2.39. The molecule has 2 heterocycles. The number of para-hydroxylation sites is 1. The standard InChI is InChI=1S/C50H49NO5/c1-5-6-29-55-38-21-17-36(18-22-38)50(35-15-19-37(20-16-35)51-27-30-54-31-28-51)26-25-42-47-46(43-32-39(52-3)23-24-40(43)48(42)56-50)41-12-8-9-13-44(41)49(47,2)33-34-11-7-10-14-45(34)53-4/h7-26,32H,5-6,27-31,33H2,1-4H3. The molecule has 2 aliphatic heterocycles. The molecular formula is C50H49NO5. The monoisotopic (exact) mass is 743 g/mol. The summed E-state index contributed by atoms with van der Waals surface area (Å²) in [6, 6.07) is 41.0. The third kappa shape index (κ3) is 5.99. The van der Waals surface area contributed by atoms with Crippen molar-refractivity contribution >= 4 is 22.5 Å². The molecule has 284 valence electrons. The lowest BCUT2D eigenvalue weighted by molar-refractivity contribution is 0.122. The van der Waals surface area contributed by atoms with Crippen molar-refractivity contribution in [1.82, 2.24) is 0 Å². The highest BCUT2D eigenvalue weighted by Gasteiger charge is 2.46. The molecule has 0 bridgehead atoms. The number of morpholine rings is 1. The Morgan fingerprint density at radius 3 is 2.21 bits per heavy atom. The zero-order valence-electron chi connectivity index (χ0n) is 32.8. The molecule has 0 aromatic heterocycles. The normalized spacial score (nSPS) is 19.5. The Hall–Kier alpha value is -5.72. The molecule has 3 aliphatic rings. The van der Waals surface area contributed by atoms with Gasteiger partial charge in [-0.25, -0.2) is 0 Å². The molecule has 56 heavy (non-hydrogen) atoms. The molecule has 0 spiro atoms. The maximum Gasteiger partial charge on any atom is 0.178 e. The zero-order valence-corrected chi connectivity index (χ0v) is 32.8. The fraction of sp³-hybridized carbons (Fsp3) is 0.280. The Labute approximate surface area is 330 Å². The van der Waals surface area contributed by atoms with Gasteiger partial charge in [0, 0.05) is 46.3 Å². The van der Waals surface area contributed by atoms with E-state index in [2.05, 4.69) is 134 Å². The van der Waals surface area contributed by atoms with Crippen LogP contribution in [0.4, 0.5) is 5.69 Å². The lowest BCUT2D eigenvalue weighted by Crippen LogP contribution is -2.37. The van der Waals surface area contributed by atoms with Crippen molar-refractivity contribution in [1.29, 1.82) is 0 Å². The molecule has 6 aromatic rings. The van der Waals surface area contributed by atoms with Crippen molar-refractivity contribution in [3.8, 4) is 34.1 Å². The summed E-state index contributed by atoms with van der Waals surface area (Å²) in [5.41, 5.74) is 9.25. The molecular weight excluding hydrogens is 695 g/mol. The van der Waals surface area contributed by atoms with Gasteiger partial charge in [-0.1, -0.05) is 93.1 Å². The number of unbranched alkanes of at least 4 members (excludes halogenated alkanes) is 1. The number of fused-ring (bicyclic) bond motifs is 8. The third-order valence-corrected chi connectivity index (χ3v) is 12.1. The molecule has 2 unspecified atom stereocenters. The number of anilines is 1. The first kappa shape index (κ1) is 35.9. The van der Waals surface area contributed by atoms with Gasteiger partial charge in [0.05, 0.1) is 34.0 Å². The van der Waals surface area contributed by atoms with E-state index in [0.717, 1.165) is 102 Å². The van der Waals surface area contributed by atoms with Gasteiger partial charge in [-0.2, -0.15) is 0 Å². The first-order valence-corrected chi connectivity index (χ1v) is 19.9. The van der Waals surface area contributed by atoms with E-state index in [4.69, 9.17) is 23.7 Å². The number of nitrogens with zero attached hydrogens (tertiary/aromatic N) is 1. The topological polar surface area (TPSA) is 49.4 Å². The predicted molar refractivity (Wildman–Crippen MR) is 226 cm³/mol. The fourth-order valence-corrected chi connectivity index (χ4v) is 9.18. The predicted octanol–water partition coefficient (Wildman–Crippen LogP) is 10.8. The van der Waals surface area contributed by atoms with Crippen LogP contribution in [0.15, 0.2) is 121 Å². The van der Waals surface area contributed by atoms with Gasteiger partial charge in [0.2, 0.25) is 0 Å². The van der Waals surface area contributed by atoms with Gasteiger partial charge in [-0.15, -0.1) is 0 Å². The van der Waals surface area contributed by atoms with Crippen molar-refractivity contribution < 1.29 is 23.7 Å². The number of rotatable bonds is 11. The quantitative estimate of drug-likeness (QED) is 0.123. The maximum atomic E-state index is 7.69. The van der Waals surface area contributed by atoms with E-state index in [1.54, 1.807) is 14.2 Å². The van der Waals surface area contributed by atoms with Crippen molar-refractivity contribution in [2.45, 2.75) is 44.1 Å². The molecule has 2 atom stereocenters. The van der Waals surface area contributed by atoms with Crippen LogP contribution in [0.25, 0.3) is 28.0 Å². The van der Waals surface area contributed by atoms with Gasteiger partial charge in [-0.3, -0.25) is 0 Å². The van der Waals surface area contributed by atoms with Crippen LogP contribution in [0.2, 0.25) is 0 Å². The highest BCUT2D eigenvalue weighted by Crippen LogP contribution is 2.59. The summed E-state index contributed by atoms with van der Waals surface area (Å²) < 4.78 is 31.3. The highest BCUT2D eigenvalue weighted by atomic mass is 16.5. The molecule has 1 aliphatic carbocycles. The second kappa shape index (κ2) is 14.7. The van der Waals surface area contributed by atoms with E-state index in [9.17, 15) is 0 Å². The molecule has 0 N–H and O–H groups in total. The van der Waals surface area contributed by atoms with E-state index in [-0.39, 0.29) is 0 Å². The van der Waals surface area contributed by atoms with E-state index in [1.165, 1.54) is 27.9 Å². The van der Waals surface area contributed by atoms with E-state index < -0.39 is 11.0 Å². The van der Waals surface area contributed by atoms with Crippen LogP contribution in [0.1, 0.15) is 60.1 Å². The van der Waals surface area contributed by atoms with Gasteiger partial charge in [-0.05, 0) is 101 Å². The van der Waals surface area contributed by atoms with Crippen LogP contribution < -0.4 is 23.8 Å². The Morgan fingerprint density at radius 1 is 0.750 bits per heavy atom. The van der Waals surface area contributed by atoms with Crippen LogP contribution in [0.3, 0.4) is 0 Å². The van der Waals surface area contributed by atoms with Crippen molar-refractivity contribution in [2.75, 3.05) is 52.0 Å². The van der Waals surface area contributed by atoms with E-state index in [1.807, 2.05) is 12.1 Å². The first-order chi connectivity index (χ1) is 27.5.